The van der Waals surface area contributed by atoms with Crippen LogP contribution in [0.3, 0.4) is 0 Å². The highest BCUT2D eigenvalue weighted by atomic mass is 16.4. The fourth-order valence-electron chi connectivity index (χ4n) is 0.945. The van der Waals surface area contributed by atoms with Gasteiger partial charge in [0.05, 0.1) is 12.6 Å². The van der Waals surface area contributed by atoms with Crippen molar-refractivity contribution >= 4 is 23.8 Å². The van der Waals surface area contributed by atoms with Crippen LogP contribution in [0.4, 0.5) is 0 Å². The Morgan fingerprint density at radius 1 is 1.00 bits per heavy atom. The molecule has 0 aliphatic heterocycles. The van der Waals surface area contributed by atoms with E-state index in [1.807, 2.05) is 5.32 Å². The summed E-state index contributed by atoms with van der Waals surface area (Å²) in [7, 11) is 0. The van der Waals surface area contributed by atoms with E-state index in [0.29, 0.717) is 0 Å². The van der Waals surface area contributed by atoms with Crippen molar-refractivity contribution in [2.24, 2.45) is 5.73 Å². The minimum absolute atomic E-state index is 0.0437. The third-order valence-corrected chi connectivity index (χ3v) is 1.87. The molecule has 9 heteroatoms. The lowest BCUT2D eigenvalue weighted by Gasteiger charge is -2.10. The van der Waals surface area contributed by atoms with Crippen molar-refractivity contribution in [3.63, 3.8) is 0 Å². The molecular formula is C9H15N3O6. The monoisotopic (exact) mass is 261 g/mol. The summed E-state index contributed by atoms with van der Waals surface area (Å²) in [5, 5.41) is 20.9. The number of carboxylic acid groups (broad SMARTS) is 2. The number of carbonyl (C=O) groups excluding carboxylic acids is 2. The lowest BCUT2D eigenvalue weighted by Crippen LogP contribution is -2.45. The fourth-order valence-corrected chi connectivity index (χ4v) is 0.945. The van der Waals surface area contributed by atoms with Gasteiger partial charge in [0.2, 0.25) is 11.8 Å². The van der Waals surface area contributed by atoms with E-state index >= 15 is 0 Å². The van der Waals surface area contributed by atoms with Gasteiger partial charge in [-0.25, -0.2) is 0 Å². The summed E-state index contributed by atoms with van der Waals surface area (Å²) in [6, 6.07) is -1.02. The first-order valence-corrected chi connectivity index (χ1v) is 5.06. The quantitative estimate of drug-likeness (QED) is 0.323. The molecule has 9 nitrogen and oxygen atoms in total. The average molecular weight is 261 g/mol. The van der Waals surface area contributed by atoms with Gasteiger partial charge in [-0.3, -0.25) is 19.2 Å². The molecule has 0 aliphatic rings. The van der Waals surface area contributed by atoms with Gasteiger partial charge in [0.1, 0.15) is 6.54 Å². The van der Waals surface area contributed by atoms with Crippen LogP contribution in [0.5, 0.6) is 0 Å². The molecule has 18 heavy (non-hydrogen) atoms. The Morgan fingerprint density at radius 2 is 1.61 bits per heavy atom. The van der Waals surface area contributed by atoms with Crippen molar-refractivity contribution in [1.29, 1.82) is 0 Å². The van der Waals surface area contributed by atoms with Crippen LogP contribution in [0.25, 0.3) is 0 Å². The van der Waals surface area contributed by atoms with Crippen molar-refractivity contribution in [3.05, 3.63) is 0 Å². The highest BCUT2D eigenvalue weighted by Gasteiger charge is 2.15. The number of hydrogen-bond acceptors (Lipinski definition) is 5. The SMILES string of the molecule is N[C@@H](CCC(=O)O)C(=O)NCC(=O)NCC(=O)O. The molecule has 0 rings (SSSR count). The molecule has 0 heterocycles. The van der Waals surface area contributed by atoms with Gasteiger partial charge in [-0.2, -0.15) is 0 Å². The molecule has 0 bridgehead atoms. The van der Waals surface area contributed by atoms with Crippen LogP contribution in [0.1, 0.15) is 12.8 Å². The fraction of sp³-hybridized carbons (Fsp3) is 0.556. The van der Waals surface area contributed by atoms with Crippen molar-refractivity contribution in [2.75, 3.05) is 13.1 Å². The second-order valence-electron chi connectivity index (χ2n) is 3.43. The van der Waals surface area contributed by atoms with E-state index in [-0.39, 0.29) is 12.8 Å². The molecule has 1 atom stereocenters. The van der Waals surface area contributed by atoms with E-state index in [0.717, 1.165) is 0 Å². The van der Waals surface area contributed by atoms with E-state index in [9.17, 15) is 19.2 Å². The van der Waals surface area contributed by atoms with Gasteiger partial charge >= 0.3 is 11.9 Å². The second-order valence-corrected chi connectivity index (χ2v) is 3.43. The lowest BCUT2D eigenvalue weighted by molar-refractivity contribution is -0.138. The van der Waals surface area contributed by atoms with Gasteiger partial charge in [-0.15, -0.1) is 0 Å². The predicted octanol–water partition coefficient (Wildman–Crippen LogP) is -2.50. The largest absolute Gasteiger partial charge is 0.481 e. The maximum Gasteiger partial charge on any atom is 0.322 e. The van der Waals surface area contributed by atoms with Gasteiger partial charge in [0.15, 0.2) is 0 Å². The Morgan fingerprint density at radius 3 is 2.11 bits per heavy atom. The predicted molar refractivity (Wildman–Crippen MR) is 58.5 cm³/mol. The molecule has 102 valence electrons. The Labute approximate surface area is 102 Å². The van der Waals surface area contributed by atoms with Gasteiger partial charge in [0, 0.05) is 6.42 Å². The van der Waals surface area contributed by atoms with Crippen molar-refractivity contribution in [2.45, 2.75) is 18.9 Å². The number of hydrogen-bond donors (Lipinski definition) is 5. The zero-order valence-electron chi connectivity index (χ0n) is 9.51. The van der Waals surface area contributed by atoms with Crippen LogP contribution in [-0.2, 0) is 19.2 Å². The molecule has 0 spiro atoms. The summed E-state index contributed by atoms with van der Waals surface area (Å²) >= 11 is 0. The summed E-state index contributed by atoms with van der Waals surface area (Å²) in [6.07, 6.45) is -0.294. The van der Waals surface area contributed by atoms with Gasteiger partial charge < -0.3 is 26.6 Å². The van der Waals surface area contributed by atoms with Gasteiger partial charge in [-0.1, -0.05) is 0 Å². The van der Waals surface area contributed by atoms with Gasteiger partial charge in [-0.05, 0) is 6.42 Å². The van der Waals surface area contributed by atoms with Crippen molar-refractivity contribution in [3.8, 4) is 0 Å². The number of nitrogens with two attached hydrogens (primary N) is 1. The Hall–Kier alpha value is -2.16. The maximum absolute atomic E-state index is 11.3. The van der Waals surface area contributed by atoms with Crippen LogP contribution >= 0.6 is 0 Å². The Bertz CT molecular complexity index is 343. The first-order chi connectivity index (χ1) is 8.32. The van der Waals surface area contributed by atoms with Gasteiger partial charge in [0.25, 0.3) is 0 Å². The normalized spacial score (nSPS) is 11.4. The highest BCUT2D eigenvalue weighted by molar-refractivity contribution is 5.88. The van der Waals surface area contributed by atoms with Crippen molar-refractivity contribution < 1.29 is 29.4 Å². The van der Waals surface area contributed by atoms with Crippen LogP contribution in [0.2, 0.25) is 0 Å². The van der Waals surface area contributed by atoms with E-state index in [4.69, 9.17) is 15.9 Å². The summed E-state index contributed by atoms with van der Waals surface area (Å²) in [5.74, 6) is -3.61. The zero-order chi connectivity index (χ0) is 14.1. The van der Waals surface area contributed by atoms with Crippen LogP contribution < -0.4 is 16.4 Å². The summed E-state index contributed by atoms with van der Waals surface area (Å²) in [6.45, 7) is -0.952. The van der Waals surface area contributed by atoms with Crippen molar-refractivity contribution in [1.82, 2.24) is 10.6 Å². The zero-order valence-corrected chi connectivity index (χ0v) is 9.51. The molecule has 0 fully saturated rings. The molecule has 0 saturated carbocycles. The first kappa shape index (κ1) is 15.8. The molecule has 0 radical (unpaired) electrons. The molecule has 6 N–H and O–H groups in total. The molecule has 0 saturated heterocycles. The smallest absolute Gasteiger partial charge is 0.322 e. The molecule has 0 aromatic rings. The molecule has 0 aromatic heterocycles. The van der Waals surface area contributed by atoms with E-state index < -0.39 is 42.9 Å². The number of carbonyl (C=O) groups is 4. The molecule has 0 aliphatic carbocycles. The minimum atomic E-state index is -1.20. The van der Waals surface area contributed by atoms with E-state index in [2.05, 4.69) is 5.32 Å². The summed E-state index contributed by atoms with van der Waals surface area (Å²) in [4.78, 5) is 42.6. The third kappa shape index (κ3) is 8.05. The Kier molecular flexibility index (Phi) is 7.05. The van der Waals surface area contributed by atoms with E-state index in [1.165, 1.54) is 0 Å². The molecule has 0 aromatic carbocycles. The number of carboxylic acids is 2. The standard InChI is InChI=1S/C9H15N3O6/c10-5(1-2-7(14)15)9(18)12-3-6(13)11-4-8(16)17/h5H,1-4,10H2,(H,11,13)(H,12,18)(H,14,15)(H,16,17)/t5-/m0/s1. The summed E-state index contributed by atoms with van der Waals surface area (Å²) < 4.78 is 0. The second kappa shape index (κ2) is 8.01. The average Bonchev–Trinajstić information content (AvgIpc) is 2.30. The van der Waals surface area contributed by atoms with Crippen LogP contribution in [0.15, 0.2) is 0 Å². The lowest BCUT2D eigenvalue weighted by atomic mass is 10.1. The minimum Gasteiger partial charge on any atom is -0.481 e. The number of nitrogens with one attached hydrogen (secondary N) is 2. The Balaban J connectivity index is 3.84. The summed E-state index contributed by atoms with van der Waals surface area (Å²) in [5.41, 5.74) is 5.37. The maximum atomic E-state index is 11.3. The molecule has 2 amide bonds. The molecular weight excluding hydrogens is 246 g/mol. The number of aliphatic carboxylic acids is 2. The topological polar surface area (TPSA) is 159 Å². The number of rotatable bonds is 8. The van der Waals surface area contributed by atoms with E-state index in [1.54, 1.807) is 0 Å². The third-order valence-electron chi connectivity index (χ3n) is 1.87. The molecule has 0 unspecified atom stereocenters. The highest BCUT2D eigenvalue weighted by Crippen LogP contribution is 1.94. The van der Waals surface area contributed by atoms with Crippen LogP contribution in [0, 0.1) is 0 Å². The van der Waals surface area contributed by atoms with Crippen LogP contribution in [-0.4, -0.2) is 53.1 Å². The number of amides is 2. The first-order valence-electron chi connectivity index (χ1n) is 5.06.